The van der Waals surface area contributed by atoms with Crippen LogP contribution in [0.3, 0.4) is 0 Å². The molecule has 1 N–H and O–H groups in total. The third-order valence-electron chi connectivity index (χ3n) is 4.31. The van der Waals surface area contributed by atoms with E-state index >= 15 is 0 Å². The molecule has 0 unspecified atom stereocenters. The van der Waals surface area contributed by atoms with E-state index in [9.17, 15) is 4.79 Å². The molecule has 0 saturated heterocycles. The average Bonchev–Trinajstić information content (AvgIpc) is 3.20. The monoisotopic (exact) mass is 384 g/mol. The van der Waals surface area contributed by atoms with E-state index in [1.54, 1.807) is 22.7 Å². The summed E-state index contributed by atoms with van der Waals surface area (Å²) in [5, 5.41) is 6.55. The maximum absolute atomic E-state index is 12.2. The molecule has 5 nitrogen and oxygen atoms in total. The van der Waals surface area contributed by atoms with Gasteiger partial charge in [0.1, 0.15) is 0 Å². The molecular weight excluding hydrogens is 364 g/mol. The van der Waals surface area contributed by atoms with Gasteiger partial charge in [-0.3, -0.25) is 9.69 Å². The molecule has 0 saturated carbocycles. The highest BCUT2D eigenvalue weighted by atomic mass is 32.1. The van der Waals surface area contributed by atoms with Gasteiger partial charge in [0.25, 0.3) is 0 Å². The topological polar surface area (TPSA) is 58.1 Å². The van der Waals surface area contributed by atoms with Crippen molar-refractivity contribution in [2.75, 3.05) is 11.9 Å². The van der Waals surface area contributed by atoms with E-state index in [0.717, 1.165) is 42.5 Å². The molecule has 1 aliphatic rings. The number of hydrogen-bond acceptors (Lipinski definition) is 6. The number of aryl methyl sites for hydroxylation is 1. The summed E-state index contributed by atoms with van der Waals surface area (Å²) in [6.45, 7) is 4.78. The number of nitrogens with zero attached hydrogens (tertiary/aromatic N) is 3. The molecule has 2 aromatic heterocycles. The highest BCUT2D eigenvalue weighted by Crippen LogP contribution is 2.29. The Balaban J connectivity index is 1.37. The van der Waals surface area contributed by atoms with Gasteiger partial charge in [0.15, 0.2) is 5.13 Å². The van der Waals surface area contributed by atoms with Crippen molar-refractivity contribution in [3.8, 4) is 0 Å². The molecular formula is C19H20N4OS2. The number of rotatable bonds is 5. The largest absolute Gasteiger partial charge is 0.302 e. The number of aromatic nitrogens is 2. The van der Waals surface area contributed by atoms with Gasteiger partial charge in [0.2, 0.25) is 5.91 Å². The Morgan fingerprint density at radius 3 is 2.88 bits per heavy atom. The lowest BCUT2D eigenvalue weighted by molar-refractivity contribution is -0.115. The Bertz CT molecular complexity index is 903. The lowest BCUT2D eigenvalue weighted by atomic mass is 10.1. The Labute approximate surface area is 160 Å². The first kappa shape index (κ1) is 17.3. The maximum atomic E-state index is 12.2. The molecule has 1 aliphatic heterocycles. The Morgan fingerprint density at radius 2 is 2.12 bits per heavy atom. The van der Waals surface area contributed by atoms with Gasteiger partial charge in [-0.25, -0.2) is 9.97 Å². The van der Waals surface area contributed by atoms with Crippen LogP contribution in [0.5, 0.6) is 0 Å². The number of carbonyl (C=O) groups excluding carboxylic acids is 1. The molecule has 0 fully saturated rings. The second kappa shape index (κ2) is 7.65. The van der Waals surface area contributed by atoms with Crippen LogP contribution in [0.25, 0.3) is 0 Å². The van der Waals surface area contributed by atoms with E-state index in [1.807, 2.05) is 18.4 Å². The number of benzene rings is 1. The molecule has 26 heavy (non-hydrogen) atoms. The van der Waals surface area contributed by atoms with Gasteiger partial charge in [-0.2, -0.15) is 0 Å². The van der Waals surface area contributed by atoms with Crippen molar-refractivity contribution < 1.29 is 4.79 Å². The van der Waals surface area contributed by atoms with Crippen molar-refractivity contribution in [1.82, 2.24) is 14.9 Å². The summed E-state index contributed by atoms with van der Waals surface area (Å²) in [5.74, 6) is -0.0532. The first-order valence-corrected chi connectivity index (χ1v) is 10.3. The molecule has 7 heteroatoms. The van der Waals surface area contributed by atoms with Gasteiger partial charge in [-0.1, -0.05) is 30.3 Å². The molecule has 0 radical (unpaired) electrons. The number of amides is 1. The fourth-order valence-corrected chi connectivity index (χ4v) is 4.78. The van der Waals surface area contributed by atoms with Gasteiger partial charge in [0, 0.05) is 36.3 Å². The molecule has 3 heterocycles. The van der Waals surface area contributed by atoms with Crippen molar-refractivity contribution in [1.29, 1.82) is 0 Å². The number of anilines is 1. The molecule has 134 valence electrons. The van der Waals surface area contributed by atoms with Crippen LogP contribution in [0.15, 0.2) is 35.7 Å². The summed E-state index contributed by atoms with van der Waals surface area (Å²) >= 11 is 3.16. The van der Waals surface area contributed by atoms with E-state index in [-0.39, 0.29) is 5.91 Å². The Hall–Kier alpha value is -2.09. The van der Waals surface area contributed by atoms with Gasteiger partial charge in [0.05, 0.1) is 22.8 Å². The lowest BCUT2D eigenvalue weighted by Crippen LogP contribution is -2.29. The Morgan fingerprint density at radius 1 is 1.27 bits per heavy atom. The van der Waals surface area contributed by atoms with Gasteiger partial charge in [-0.05, 0) is 12.5 Å². The molecule has 3 aromatic rings. The molecule has 1 amide bonds. The van der Waals surface area contributed by atoms with Crippen molar-refractivity contribution in [2.24, 2.45) is 0 Å². The van der Waals surface area contributed by atoms with Gasteiger partial charge < -0.3 is 5.32 Å². The van der Waals surface area contributed by atoms with E-state index in [2.05, 4.69) is 44.5 Å². The van der Waals surface area contributed by atoms with Gasteiger partial charge in [-0.15, -0.1) is 22.7 Å². The van der Waals surface area contributed by atoms with Crippen LogP contribution < -0.4 is 5.32 Å². The molecule has 0 bridgehead atoms. The zero-order valence-electron chi connectivity index (χ0n) is 14.6. The fourth-order valence-electron chi connectivity index (χ4n) is 3.10. The summed E-state index contributed by atoms with van der Waals surface area (Å²) in [5.41, 5.74) is 3.27. The number of nitrogens with one attached hydrogen (secondary N) is 1. The van der Waals surface area contributed by atoms with E-state index in [1.165, 1.54) is 10.4 Å². The van der Waals surface area contributed by atoms with E-state index in [0.29, 0.717) is 11.6 Å². The molecule has 1 aromatic carbocycles. The number of hydrogen-bond donors (Lipinski definition) is 1. The predicted octanol–water partition coefficient (Wildman–Crippen LogP) is 3.65. The molecule has 0 atom stereocenters. The van der Waals surface area contributed by atoms with Crippen molar-refractivity contribution in [2.45, 2.75) is 32.9 Å². The normalized spacial score (nSPS) is 14.2. The van der Waals surface area contributed by atoms with Crippen LogP contribution in [0.2, 0.25) is 0 Å². The number of thiazole rings is 2. The van der Waals surface area contributed by atoms with E-state index in [4.69, 9.17) is 0 Å². The average molecular weight is 385 g/mol. The predicted molar refractivity (Wildman–Crippen MR) is 106 cm³/mol. The fraction of sp³-hybridized carbons (Fsp3) is 0.316. The minimum absolute atomic E-state index is 0.0532. The second-order valence-electron chi connectivity index (χ2n) is 6.42. The van der Waals surface area contributed by atoms with Crippen LogP contribution in [0, 0.1) is 6.92 Å². The SMILES string of the molecule is Cc1nc(CC(=O)Nc2nc3c(s2)CN(Cc2ccccc2)CC3)cs1. The first-order valence-electron chi connectivity index (χ1n) is 8.61. The highest BCUT2D eigenvalue weighted by molar-refractivity contribution is 7.15. The second-order valence-corrected chi connectivity index (χ2v) is 8.56. The first-order chi connectivity index (χ1) is 12.7. The number of carbonyl (C=O) groups is 1. The maximum Gasteiger partial charge on any atom is 0.232 e. The van der Waals surface area contributed by atoms with E-state index < -0.39 is 0 Å². The minimum Gasteiger partial charge on any atom is -0.302 e. The minimum atomic E-state index is -0.0532. The van der Waals surface area contributed by atoms with Crippen LogP contribution in [0.1, 0.15) is 26.8 Å². The third kappa shape index (κ3) is 4.17. The summed E-state index contributed by atoms with van der Waals surface area (Å²) in [6.07, 6.45) is 1.23. The molecule has 0 spiro atoms. The summed E-state index contributed by atoms with van der Waals surface area (Å²) in [7, 11) is 0. The summed E-state index contributed by atoms with van der Waals surface area (Å²) in [6, 6.07) is 10.5. The van der Waals surface area contributed by atoms with Gasteiger partial charge >= 0.3 is 0 Å². The lowest BCUT2D eigenvalue weighted by Gasteiger charge is -2.25. The van der Waals surface area contributed by atoms with Crippen molar-refractivity contribution in [3.05, 3.63) is 62.5 Å². The van der Waals surface area contributed by atoms with Crippen LogP contribution in [0.4, 0.5) is 5.13 Å². The zero-order chi connectivity index (χ0) is 17.9. The highest BCUT2D eigenvalue weighted by Gasteiger charge is 2.21. The quantitative estimate of drug-likeness (QED) is 0.730. The van der Waals surface area contributed by atoms with Crippen LogP contribution in [-0.2, 0) is 30.7 Å². The summed E-state index contributed by atoms with van der Waals surface area (Å²) < 4.78 is 0. The smallest absolute Gasteiger partial charge is 0.232 e. The molecule has 0 aliphatic carbocycles. The standard InChI is InChI=1S/C19H20N4OS2/c1-13-20-15(12-25-13)9-18(24)22-19-21-16-7-8-23(11-17(16)26-19)10-14-5-3-2-4-6-14/h2-6,12H,7-11H2,1H3,(H,21,22,24). The van der Waals surface area contributed by atoms with Crippen molar-refractivity contribution >= 4 is 33.7 Å². The summed E-state index contributed by atoms with van der Waals surface area (Å²) in [4.78, 5) is 24.9. The zero-order valence-corrected chi connectivity index (χ0v) is 16.2. The third-order valence-corrected chi connectivity index (χ3v) is 6.13. The number of fused-ring (bicyclic) bond motifs is 1. The van der Waals surface area contributed by atoms with Crippen LogP contribution in [-0.4, -0.2) is 27.3 Å². The molecule has 4 rings (SSSR count). The Kier molecular flexibility index (Phi) is 5.10. The van der Waals surface area contributed by atoms with Crippen molar-refractivity contribution in [3.63, 3.8) is 0 Å². The van der Waals surface area contributed by atoms with Crippen LogP contribution >= 0.6 is 22.7 Å².